The van der Waals surface area contributed by atoms with Gasteiger partial charge >= 0.3 is 6.09 Å². The molecule has 1 atom stereocenters. The Morgan fingerprint density at radius 3 is 2.61 bits per heavy atom. The second-order valence-corrected chi connectivity index (χ2v) is 9.08. The minimum Gasteiger partial charge on any atom is -0.444 e. The van der Waals surface area contributed by atoms with Gasteiger partial charge in [-0.1, -0.05) is 41.4 Å². The van der Waals surface area contributed by atoms with Gasteiger partial charge in [0.2, 0.25) is 0 Å². The lowest BCUT2D eigenvalue weighted by Gasteiger charge is -2.28. The van der Waals surface area contributed by atoms with Gasteiger partial charge in [0.1, 0.15) is 5.60 Å². The highest BCUT2D eigenvalue weighted by Gasteiger charge is 2.37. The molecule has 1 N–H and O–H groups in total. The summed E-state index contributed by atoms with van der Waals surface area (Å²) in [5.74, 6) is 0.504. The van der Waals surface area contributed by atoms with Crippen LogP contribution in [0.15, 0.2) is 28.7 Å². The molecule has 28 heavy (non-hydrogen) atoms. The van der Waals surface area contributed by atoms with E-state index in [2.05, 4.69) is 22.9 Å². The maximum atomic E-state index is 12.7. The summed E-state index contributed by atoms with van der Waals surface area (Å²) in [7, 11) is 0. The smallest absolute Gasteiger partial charge is 0.410 e. The Kier molecular flexibility index (Phi) is 6.03. The molecule has 0 spiro atoms. The third-order valence-electron chi connectivity index (χ3n) is 4.76. The van der Waals surface area contributed by atoms with Crippen molar-refractivity contribution in [3.63, 3.8) is 0 Å². The van der Waals surface area contributed by atoms with Crippen molar-refractivity contribution in [2.24, 2.45) is 0 Å². The first-order chi connectivity index (χ1) is 13.2. The molecule has 152 valence electrons. The molecule has 1 aliphatic rings. The Hall–Kier alpha value is -2.02. The predicted octanol–water partition coefficient (Wildman–Crippen LogP) is 5.57. The number of aromatic nitrogens is 2. The van der Waals surface area contributed by atoms with Gasteiger partial charge in [0.15, 0.2) is 5.82 Å². The van der Waals surface area contributed by atoms with E-state index < -0.39 is 5.60 Å². The largest absolute Gasteiger partial charge is 0.444 e. The topological polar surface area (TPSA) is 67.6 Å². The van der Waals surface area contributed by atoms with Gasteiger partial charge in [0.05, 0.1) is 17.4 Å². The molecule has 1 fully saturated rings. The van der Waals surface area contributed by atoms with Crippen molar-refractivity contribution in [2.45, 2.75) is 65.0 Å². The number of amides is 1. The quantitative estimate of drug-likeness (QED) is 0.618. The molecule has 3 rings (SSSR count). The van der Waals surface area contributed by atoms with Crippen molar-refractivity contribution < 1.29 is 14.7 Å². The van der Waals surface area contributed by atoms with Crippen molar-refractivity contribution >= 4 is 22.0 Å². The fourth-order valence-electron chi connectivity index (χ4n) is 3.55. The van der Waals surface area contributed by atoms with E-state index in [1.807, 2.05) is 45.0 Å². The average Bonchev–Trinajstić information content (AvgIpc) is 3.20. The molecular formula is C21H28BrN3O3. The fraction of sp³-hybridized carbons (Fsp3) is 0.524. The summed E-state index contributed by atoms with van der Waals surface area (Å²) in [4.78, 5) is 19.1. The summed E-state index contributed by atoms with van der Waals surface area (Å²) in [5.41, 5.74) is 1.93. The van der Waals surface area contributed by atoms with Crippen LogP contribution in [-0.4, -0.2) is 38.1 Å². The number of nitrogens with zero attached hydrogens (tertiary/aromatic N) is 3. The molecule has 1 saturated heterocycles. The van der Waals surface area contributed by atoms with Crippen molar-refractivity contribution in [3.8, 4) is 11.3 Å². The maximum Gasteiger partial charge on any atom is 0.410 e. The van der Waals surface area contributed by atoms with E-state index in [-0.39, 0.29) is 12.1 Å². The van der Waals surface area contributed by atoms with Gasteiger partial charge in [-0.15, -0.1) is 0 Å². The van der Waals surface area contributed by atoms with Crippen molar-refractivity contribution in [2.75, 3.05) is 6.54 Å². The first kappa shape index (κ1) is 20.7. The van der Waals surface area contributed by atoms with Crippen LogP contribution in [0.3, 0.4) is 0 Å². The molecule has 6 nitrogen and oxygen atoms in total. The van der Waals surface area contributed by atoms with Crippen LogP contribution < -0.4 is 0 Å². The number of hydrogen-bond acceptors (Lipinski definition) is 4. The van der Waals surface area contributed by atoms with Crippen LogP contribution in [0.25, 0.3) is 11.3 Å². The van der Waals surface area contributed by atoms with Crippen molar-refractivity contribution in [3.05, 3.63) is 40.3 Å². The van der Waals surface area contributed by atoms with Crippen LogP contribution in [0.5, 0.6) is 0 Å². The molecule has 1 aromatic heterocycles. The van der Waals surface area contributed by atoms with Crippen molar-refractivity contribution in [1.82, 2.24) is 14.6 Å². The van der Waals surface area contributed by atoms with Crippen LogP contribution in [0.1, 0.15) is 64.5 Å². The minimum atomic E-state index is -0.561. The number of hydrogen-bond donors (Lipinski definition) is 1. The molecule has 0 aliphatic carbocycles. The maximum absolute atomic E-state index is 12.7. The van der Waals surface area contributed by atoms with Crippen LogP contribution in [0, 0.1) is 0 Å². The second kappa shape index (κ2) is 8.15. The van der Waals surface area contributed by atoms with Gasteiger partial charge in [-0.2, -0.15) is 4.73 Å². The molecule has 1 aromatic carbocycles. The van der Waals surface area contributed by atoms with Gasteiger partial charge in [-0.05, 0) is 52.2 Å². The number of halogens is 1. The number of carbonyl (C=O) groups is 1. The molecule has 2 aromatic rings. The predicted molar refractivity (Wildman–Crippen MR) is 111 cm³/mol. The summed E-state index contributed by atoms with van der Waals surface area (Å²) in [6, 6.07) is 7.60. The molecule has 1 aliphatic heterocycles. The SMILES string of the molecule is CCCc1c(-c2ccc(Br)cc2)nc([C@@H]2CCCN2C(=O)OC(C)(C)C)n1O. The van der Waals surface area contributed by atoms with E-state index in [0.717, 1.165) is 40.7 Å². The third kappa shape index (κ3) is 4.35. The summed E-state index contributed by atoms with van der Waals surface area (Å²) in [6.45, 7) is 8.24. The zero-order valence-corrected chi connectivity index (χ0v) is 18.5. The molecule has 1 amide bonds. The average molecular weight is 450 g/mol. The van der Waals surface area contributed by atoms with Crippen LogP contribution in [0.2, 0.25) is 0 Å². The summed E-state index contributed by atoms with van der Waals surface area (Å²) in [5, 5.41) is 10.9. The fourth-order valence-corrected chi connectivity index (χ4v) is 3.82. The highest BCUT2D eigenvalue weighted by molar-refractivity contribution is 9.10. The number of ether oxygens (including phenoxy) is 1. The van der Waals surface area contributed by atoms with E-state index >= 15 is 0 Å². The second-order valence-electron chi connectivity index (χ2n) is 8.17. The molecule has 0 radical (unpaired) electrons. The Morgan fingerprint density at radius 1 is 1.32 bits per heavy atom. The zero-order chi connectivity index (χ0) is 20.5. The van der Waals surface area contributed by atoms with Gasteiger partial charge in [0.25, 0.3) is 0 Å². The van der Waals surface area contributed by atoms with E-state index in [9.17, 15) is 10.0 Å². The molecule has 0 saturated carbocycles. The van der Waals surface area contributed by atoms with E-state index in [1.54, 1.807) is 4.90 Å². The highest BCUT2D eigenvalue weighted by atomic mass is 79.9. The molecule has 0 bridgehead atoms. The number of carbonyl (C=O) groups excluding carboxylic acids is 1. The summed E-state index contributed by atoms with van der Waals surface area (Å²) >= 11 is 3.46. The van der Waals surface area contributed by atoms with Gasteiger partial charge < -0.3 is 9.94 Å². The van der Waals surface area contributed by atoms with Gasteiger partial charge in [-0.25, -0.2) is 9.78 Å². The zero-order valence-electron chi connectivity index (χ0n) is 16.9. The number of likely N-dealkylation sites (tertiary alicyclic amines) is 1. The van der Waals surface area contributed by atoms with E-state index in [0.29, 0.717) is 18.8 Å². The van der Waals surface area contributed by atoms with Crippen molar-refractivity contribution in [1.29, 1.82) is 0 Å². The number of benzene rings is 1. The van der Waals surface area contributed by atoms with E-state index in [1.165, 1.54) is 4.73 Å². The van der Waals surface area contributed by atoms with Crippen LogP contribution >= 0.6 is 15.9 Å². The summed E-state index contributed by atoms with van der Waals surface area (Å²) in [6.07, 6.45) is 2.83. The Morgan fingerprint density at radius 2 is 2.00 bits per heavy atom. The highest BCUT2D eigenvalue weighted by Crippen LogP contribution is 2.36. The lowest BCUT2D eigenvalue weighted by Crippen LogP contribution is -2.37. The number of imidazole rings is 1. The van der Waals surface area contributed by atoms with Gasteiger partial charge in [0, 0.05) is 16.6 Å². The lowest BCUT2D eigenvalue weighted by molar-refractivity contribution is 0.0199. The van der Waals surface area contributed by atoms with Crippen LogP contribution in [0.4, 0.5) is 4.79 Å². The Bertz CT molecular complexity index is 840. The molecule has 7 heteroatoms. The first-order valence-corrected chi connectivity index (χ1v) is 10.6. The third-order valence-corrected chi connectivity index (χ3v) is 5.28. The normalized spacial score (nSPS) is 17.2. The van der Waals surface area contributed by atoms with Crippen LogP contribution in [-0.2, 0) is 11.2 Å². The lowest BCUT2D eigenvalue weighted by atomic mass is 10.1. The Labute approximate surface area is 174 Å². The first-order valence-electron chi connectivity index (χ1n) is 9.77. The standard InChI is InChI=1S/C21H28BrN3O3/c1-5-7-16-18(14-9-11-15(22)12-10-14)23-19(25(16)27)17-8-6-13-24(17)20(26)28-21(2,3)4/h9-12,17,27H,5-8,13H2,1-4H3/t17-/m0/s1. The Balaban J connectivity index is 1.98. The summed E-state index contributed by atoms with van der Waals surface area (Å²) < 4.78 is 7.74. The molecule has 0 unspecified atom stereocenters. The van der Waals surface area contributed by atoms with E-state index in [4.69, 9.17) is 9.72 Å². The number of rotatable bonds is 4. The van der Waals surface area contributed by atoms with Gasteiger partial charge in [-0.3, -0.25) is 4.90 Å². The minimum absolute atomic E-state index is 0.292. The molecular weight excluding hydrogens is 422 g/mol. The molecule has 2 heterocycles. The monoisotopic (exact) mass is 449 g/mol.